The highest BCUT2D eigenvalue weighted by Gasteiger charge is 2.51. The Morgan fingerprint density at radius 1 is 1.16 bits per heavy atom. The van der Waals surface area contributed by atoms with Gasteiger partial charge in [0.15, 0.2) is 0 Å². The SMILES string of the molecule is CC[C@]1(c2ccccc2)NC(=O)N(/N=C\c2cccc(OC)c2)C1=O. The van der Waals surface area contributed by atoms with Crippen LogP contribution in [-0.4, -0.2) is 30.3 Å². The Kier molecular flexibility index (Phi) is 4.52. The molecule has 3 amide bonds. The highest BCUT2D eigenvalue weighted by atomic mass is 16.5. The maximum Gasteiger partial charge on any atom is 0.346 e. The van der Waals surface area contributed by atoms with Gasteiger partial charge in [-0.3, -0.25) is 4.79 Å². The van der Waals surface area contributed by atoms with Crippen LogP contribution in [0.4, 0.5) is 4.79 Å². The van der Waals surface area contributed by atoms with Crippen LogP contribution in [0.3, 0.4) is 0 Å². The van der Waals surface area contributed by atoms with E-state index in [1.807, 2.05) is 55.5 Å². The molecule has 6 nitrogen and oxygen atoms in total. The third kappa shape index (κ3) is 2.98. The summed E-state index contributed by atoms with van der Waals surface area (Å²) in [5.41, 5.74) is 0.396. The number of hydrogen-bond donors (Lipinski definition) is 1. The van der Waals surface area contributed by atoms with Crippen molar-refractivity contribution < 1.29 is 14.3 Å². The molecule has 6 heteroatoms. The van der Waals surface area contributed by atoms with E-state index >= 15 is 0 Å². The largest absolute Gasteiger partial charge is 0.497 e. The van der Waals surface area contributed by atoms with Crippen LogP contribution >= 0.6 is 0 Å². The van der Waals surface area contributed by atoms with E-state index in [2.05, 4.69) is 10.4 Å². The van der Waals surface area contributed by atoms with Crippen LogP contribution in [0.15, 0.2) is 59.7 Å². The van der Waals surface area contributed by atoms with Crippen molar-refractivity contribution in [3.63, 3.8) is 0 Å². The van der Waals surface area contributed by atoms with E-state index in [-0.39, 0.29) is 5.91 Å². The maximum absolute atomic E-state index is 12.9. The Balaban J connectivity index is 1.89. The van der Waals surface area contributed by atoms with Gasteiger partial charge in [-0.15, -0.1) is 5.01 Å². The Morgan fingerprint density at radius 2 is 1.92 bits per heavy atom. The molecule has 25 heavy (non-hydrogen) atoms. The van der Waals surface area contributed by atoms with Crippen LogP contribution in [0.1, 0.15) is 24.5 Å². The van der Waals surface area contributed by atoms with Crippen molar-refractivity contribution in [2.75, 3.05) is 7.11 Å². The second-order valence-corrected chi connectivity index (χ2v) is 5.69. The van der Waals surface area contributed by atoms with Crippen molar-refractivity contribution in [3.05, 3.63) is 65.7 Å². The molecule has 1 aliphatic heterocycles. The highest BCUT2D eigenvalue weighted by Crippen LogP contribution is 2.32. The Hall–Kier alpha value is -3.15. The van der Waals surface area contributed by atoms with E-state index in [0.29, 0.717) is 12.2 Å². The van der Waals surface area contributed by atoms with Gasteiger partial charge in [0.2, 0.25) is 0 Å². The number of imide groups is 1. The fourth-order valence-electron chi connectivity index (χ4n) is 2.88. The Bertz CT molecular complexity index is 820. The monoisotopic (exact) mass is 337 g/mol. The van der Waals surface area contributed by atoms with Crippen LogP contribution in [0, 0.1) is 0 Å². The average molecular weight is 337 g/mol. The van der Waals surface area contributed by atoms with Crippen molar-refractivity contribution in [2.45, 2.75) is 18.9 Å². The topological polar surface area (TPSA) is 71.0 Å². The molecule has 0 bridgehead atoms. The summed E-state index contributed by atoms with van der Waals surface area (Å²) in [5.74, 6) is 0.290. The number of nitrogens with zero attached hydrogens (tertiary/aromatic N) is 2. The number of carbonyl (C=O) groups excluding carboxylic acids is 2. The highest BCUT2D eigenvalue weighted by molar-refractivity contribution is 6.07. The molecule has 2 aromatic carbocycles. The molecule has 1 saturated heterocycles. The molecule has 0 unspecified atom stereocenters. The molecule has 1 fully saturated rings. The minimum Gasteiger partial charge on any atom is -0.497 e. The van der Waals surface area contributed by atoms with Gasteiger partial charge in [-0.25, -0.2) is 4.79 Å². The quantitative estimate of drug-likeness (QED) is 0.674. The number of amides is 3. The zero-order valence-corrected chi connectivity index (χ0v) is 14.1. The number of methoxy groups -OCH3 is 1. The molecule has 0 radical (unpaired) electrons. The number of urea groups is 1. The third-order valence-corrected chi connectivity index (χ3v) is 4.28. The second-order valence-electron chi connectivity index (χ2n) is 5.69. The Labute approximate surface area is 146 Å². The first-order chi connectivity index (χ1) is 12.1. The summed E-state index contributed by atoms with van der Waals surface area (Å²) >= 11 is 0. The minimum absolute atomic E-state index is 0.384. The predicted octanol–water partition coefficient (Wildman–Crippen LogP) is 2.89. The van der Waals surface area contributed by atoms with Crippen LogP contribution in [0.2, 0.25) is 0 Å². The lowest BCUT2D eigenvalue weighted by molar-refractivity contribution is -0.131. The van der Waals surface area contributed by atoms with Gasteiger partial charge >= 0.3 is 6.03 Å². The number of benzene rings is 2. The number of hydrazone groups is 1. The van der Waals surface area contributed by atoms with Gasteiger partial charge in [-0.05, 0) is 29.7 Å². The van der Waals surface area contributed by atoms with Crippen LogP contribution in [0.5, 0.6) is 5.75 Å². The van der Waals surface area contributed by atoms with Gasteiger partial charge in [0.25, 0.3) is 5.91 Å². The molecule has 1 heterocycles. The molecule has 128 valence electrons. The smallest absolute Gasteiger partial charge is 0.346 e. The molecule has 0 aliphatic carbocycles. The molecule has 0 aromatic heterocycles. The molecule has 1 N–H and O–H groups in total. The molecule has 0 saturated carbocycles. The van der Waals surface area contributed by atoms with Crippen LogP contribution in [-0.2, 0) is 10.3 Å². The first kappa shape index (κ1) is 16.7. The van der Waals surface area contributed by atoms with Crippen molar-refractivity contribution >= 4 is 18.2 Å². The Morgan fingerprint density at radius 3 is 2.60 bits per heavy atom. The van der Waals surface area contributed by atoms with E-state index in [9.17, 15) is 9.59 Å². The van der Waals surface area contributed by atoms with Crippen LogP contribution < -0.4 is 10.1 Å². The zero-order valence-electron chi connectivity index (χ0n) is 14.1. The molecule has 0 spiro atoms. The van der Waals surface area contributed by atoms with E-state index in [4.69, 9.17) is 4.74 Å². The summed E-state index contributed by atoms with van der Waals surface area (Å²) in [5, 5.41) is 7.77. The van der Waals surface area contributed by atoms with Crippen molar-refractivity contribution in [2.24, 2.45) is 5.10 Å². The predicted molar refractivity (Wildman–Crippen MR) is 94.4 cm³/mol. The summed E-state index contributed by atoms with van der Waals surface area (Å²) in [6.07, 6.45) is 1.91. The number of carbonyl (C=O) groups is 2. The summed E-state index contributed by atoms with van der Waals surface area (Å²) in [7, 11) is 1.57. The summed E-state index contributed by atoms with van der Waals surface area (Å²) in [6, 6.07) is 15.9. The van der Waals surface area contributed by atoms with Gasteiger partial charge in [-0.2, -0.15) is 5.10 Å². The fourth-order valence-corrected chi connectivity index (χ4v) is 2.88. The molecular formula is C19H19N3O3. The van der Waals surface area contributed by atoms with Gasteiger partial charge in [0, 0.05) is 0 Å². The molecular weight excluding hydrogens is 318 g/mol. The van der Waals surface area contributed by atoms with Gasteiger partial charge in [0.1, 0.15) is 11.3 Å². The lowest BCUT2D eigenvalue weighted by Crippen LogP contribution is -2.43. The molecule has 1 atom stereocenters. The number of ether oxygens (including phenoxy) is 1. The number of nitrogens with one attached hydrogen (secondary N) is 1. The van der Waals surface area contributed by atoms with E-state index in [0.717, 1.165) is 16.1 Å². The zero-order chi connectivity index (χ0) is 17.9. The molecule has 3 rings (SSSR count). The van der Waals surface area contributed by atoms with E-state index in [1.54, 1.807) is 13.2 Å². The van der Waals surface area contributed by atoms with Gasteiger partial charge in [0.05, 0.1) is 13.3 Å². The molecule has 1 aliphatic rings. The van der Waals surface area contributed by atoms with Crippen molar-refractivity contribution in [3.8, 4) is 5.75 Å². The first-order valence-electron chi connectivity index (χ1n) is 8.01. The standard InChI is InChI=1S/C19H19N3O3/c1-3-19(15-9-5-4-6-10-15)17(23)22(18(24)21-19)20-13-14-8-7-11-16(12-14)25-2/h4-13H,3H2,1-2H3,(H,21,24)/b20-13-/t19-/m1/s1. The van der Waals surface area contributed by atoms with Gasteiger partial charge < -0.3 is 10.1 Å². The molecule has 2 aromatic rings. The second kappa shape index (κ2) is 6.76. The summed E-state index contributed by atoms with van der Waals surface area (Å²) < 4.78 is 5.16. The maximum atomic E-state index is 12.9. The fraction of sp³-hybridized carbons (Fsp3) is 0.211. The average Bonchev–Trinajstić information content (AvgIpc) is 2.91. The summed E-state index contributed by atoms with van der Waals surface area (Å²) in [6.45, 7) is 1.86. The first-order valence-corrected chi connectivity index (χ1v) is 8.01. The number of hydrogen-bond acceptors (Lipinski definition) is 4. The third-order valence-electron chi connectivity index (χ3n) is 4.28. The normalized spacial score (nSPS) is 20.2. The van der Waals surface area contributed by atoms with Crippen molar-refractivity contribution in [1.82, 2.24) is 10.3 Å². The van der Waals surface area contributed by atoms with E-state index < -0.39 is 11.6 Å². The minimum atomic E-state index is -1.08. The van der Waals surface area contributed by atoms with E-state index in [1.165, 1.54) is 6.21 Å². The lowest BCUT2D eigenvalue weighted by Gasteiger charge is -2.24. The number of rotatable bonds is 5. The lowest BCUT2D eigenvalue weighted by atomic mass is 9.87. The van der Waals surface area contributed by atoms with Crippen molar-refractivity contribution in [1.29, 1.82) is 0 Å². The van der Waals surface area contributed by atoms with Gasteiger partial charge in [-0.1, -0.05) is 49.4 Å². The summed E-state index contributed by atoms with van der Waals surface area (Å²) in [4.78, 5) is 25.3. The van der Waals surface area contributed by atoms with Crippen LogP contribution in [0.25, 0.3) is 0 Å².